The van der Waals surface area contributed by atoms with Crippen molar-refractivity contribution in [3.8, 4) is 0 Å². The van der Waals surface area contributed by atoms with Gasteiger partial charge in [0.2, 0.25) is 9.84 Å². The molecule has 8 amide bonds. The number of sulfone groups is 1. The van der Waals surface area contributed by atoms with E-state index in [1.54, 1.807) is 0 Å². The van der Waals surface area contributed by atoms with Crippen molar-refractivity contribution in [3.05, 3.63) is 142 Å². The monoisotopic (exact) mass is 746 g/mol. The number of anilines is 2. The average molecular weight is 747 g/mol. The van der Waals surface area contributed by atoms with Gasteiger partial charge in [-0.25, -0.2) is 18.2 Å². The first-order chi connectivity index (χ1) is 26.4. The molecule has 264 valence electrons. The number of benzene rings is 6. The summed E-state index contributed by atoms with van der Waals surface area (Å²) >= 11 is 0. The molecule has 0 atom stereocenters. The summed E-state index contributed by atoms with van der Waals surface area (Å²) in [7, 11) is -4.20. The molecule has 0 saturated heterocycles. The van der Waals surface area contributed by atoms with Crippen molar-refractivity contribution in [2.75, 3.05) is 9.80 Å². The molecule has 0 fully saturated rings. The maximum atomic E-state index is 13.7. The number of carbonyl (C=O) groups is 8. The topological polar surface area (TPSA) is 201 Å². The van der Waals surface area contributed by atoms with E-state index in [-0.39, 0.29) is 87.2 Å². The van der Waals surface area contributed by atoms with E-state index in [9.17, 15) is 46.8 Å². The summed E-state index contributed by atoms with van der Waals surface area (Å²) < 4.78 is 27.5. The zero-order valence-electron chi connectivity index (χ0n) is 27.6. The van der Waals surface area contributed by atoms with Crippen molar-refractivity contribution in [2.24, 2.45) is 0 Å². The normalized spacial score (nSPS) is 15.9. The number of nitrogens with one attached hydrogen (secondary N) is 2. The lowest BCUT2D eigenvalue weighted by atomic mass is 9.86. The first kappa shape index (κ1) is 32.0. The summed E-state index contributed by atoms with van der Waals surface area (Å²) in [6, 6.07) is 21.4. The second-order valence-electron chi connectivity index (χ2n) is 13.1. The smallest absolute Gasteiger partial charge is 0.265 e. The van der Waals surface area contributed by atoms with Crippen molar-refractivity contribution < 1.29 is 46.8 Å². The van der Waals surface area contributed by atoms with Gasteiger partial charge < -0.3 is 0 Å². The van der Waals surface area contributed by atoms with Crippen LogP contribution in [0.5, 0.6) is 0 Å². The average Bonchev–Trinajstić information content (AvgIpc) is 3.18. The summed E-state index contributed by atoms with van der Waals surface area (Å²) in [4.78, 5) is 106. The van der Waals surface area contributed by atoms with E-state index in [1.165, 1.54) is 97.1 Å². The minimum Gasteiger partial charge on any atom is -0.288 e. The third-order valence-electron chi connectivity index (χ3n) is 10.3. The molecule has 55 heavy (non-hydrogen) atoms. The standard InChI is InChI=1S/C40H18N4O10S/c45-33-21-9-13-25-31-26(14-10-22(29(21)31)34(46)41-33)38(50)43(37(25)49)17-1-5-19(6-2-17)55(53,54)20-7-3-18(4-8-20)44-39(51)27-15-11-23-30-24(36(48)42-35(23)47)12-16-28(32(27)30)40(44)52/h1-16H,(H,41,45,46)(H,42,47,48). The number of amides is 8. The van der Waals surface area contributed by atoms with Crippen molar-refractivity contribution >= 4 is 90.0 Å². The van der Waals surface area contributed by atoms with Gasteiger partial charge in [0, 0.05) is 66.1 Å². The number of hydrogen-bond acceptors (Lipinski definition) is 10. The van der Waals surface area contributed by atoms with Gasteiger partial charge in [0.1, 0.15) is 0 Å². The highest BCUT2D eigenvalue weighted by Crippen LogP contribution is 2.40. The minimum atomic E-state index is -4.20. The summed E-state index contributed by atoms with van der Waals surface area (Å²) in [6.07, 6.45) is 0. The van der Waals surface area contributed by atoms with Crippen molar-refractivity contribution in [1.29, 1.82) is 0 Å². The molecule has 0 spiro atoms. The lowest BCUT2D eigenvalue weighted by molar-refractivity contribution is 0.0828. The predicted molar refractivity (Wildman–Crippen MR) is 192 cm³/mol. The molecule has 4 aliphatic heterocycles. The number of rotatable bonds is 4. The van der Waals surface area contributed by atoms with Gasteiger partial charge in [0.15, 0.2) is 0 Å². The Morgan fingerprint density at radius 1 is 0.327 bits per heavy atom. The largest absolute Gasteiger partial charge is 0.288 e. The van der Waals surface area contributed by atoms with Crippen LogP contribution in [0.2, 0.25) is 0 Å². The van der Waals surface area contributed by atoms with Gasteiger partial charge in [-0.2, -0.15) is 0 Å². The fraction of sp³-hybridized carbons (Fsp3) is 0. The first-order valence-corrected chi connectivity index (χ1v) is 18.0. The van der Waals surface area contributed by atoms with Gasteiger partial charge in [-0.3, -0.25) is 49.0 Å². The predicted octanol–water partition coefficient (Wildman–Crippen LogP) is 4.19. The fourth-order valence-corrected chi connectivity index (χ4v) is 9.02. The Bertz CT molecular complexity index is 2760. The molecular weight excluding hydrogens is 729 g/mol. The van der Waals surface area contributed by atoms with Gasteiger partial charge in [-0.05, 0) is 97.1 Å². The SMILES string of the molecule is O=C1NC(=O)c2ccc3c4c(ccc1c24)C(=O)N(c1ccc(S(=O)(=O)c2ccc(N4C(=O)c5ccc6c7c(ccc(c57)C4=O)C(=O)NC6=O)cc2)cc1)C3=O. The third-order valence-corrected chi connectivity index (χ3v) is 12.1. The second kappa shape index (κ2) is 10.7. The lowest BCUT2D eigenvalue weighted by Crippen LogP contribution is -2.42. The molecular formula is C40H18N4O10S. The molecule has 15 heteroatoms. The second-order valence-corrected chi connectivity index (χ2v) is 15.0. The maximum Gasteiger partial charge on any atom is 0.265 e. The van der Waals surface area contributed by atoms with Crippen LogP contribution in [0.4, 0.5) is 11.4 Å². The van der Waals surface area contributed by atoms with E-state index < -0.39 is 57.1 Å². The maximum absolute atomic E-state index is 13.7. The molecule has 0 aliphatic carbocycles. The van der Waals surface area contributed by atoms with E-state index in [4.69, 9.17) is 0 Å². The van der Waals surface area contributed by atoms with Gasteiger partial charge in [0.25, 0.3) is 47.3 Å². The Hall–Kier alpha value is -7.65. The molecule has 0 radical (unpaired) electrons. The van der Waals surface area contributed by atoms with Gasteiger partial charge >= 0.3 is 0 Å². The van der Waals surface area contributed by atoms with E-state index in [0.29, 0.717) is 0 Å². The summed E-state index contributed by atoms with van der Waals surface area (Å²) in [6.45, 7) is 0. The zero-order chi connectivity index (χ0) is 38.2. The highest BCUT2D eigenvalue weighted by molar-refractivity contribution is 7.91. The highest BCUT2D eigenvalue weighted by atomic mass is 32.2. The Balaban J connectivity index is 0.948. The molecule has 0 bridgehead atoms. The Morgan fingerprint density at radius 2 is 0.564 bits per heavy atom. The third kappa shape index (κ3) is 4.14. The lowest BCUT2D eigenvalue weighted by Gasteiger charge is -2.29. The summed E-state index contributed by atoms with van der Waals surface area (Å²) in [5, 5.41) is 5.28. The van der Waals surface area contributed by atoms with Gasteiger partial charge in [-0.1, -0.05) is 0 Å². The van der Waals surface area contributed by atoms with Crippen LogP contribution in [0.15, 0.2) is 107 Å². The Kier molecular flexibility index (Phi) is 6.24. The molecule has 0 aromatic heterocycles. The number of carbonyl (C=O) groups excluding carboxylic acids is 8. The molecule has 10 rings (SSSR count). The van der Waals surface area contributed by atoms with Crippen molar-refractivity contribution in [3.63, 3.8) is 0 Å². The van der Waals surface area contributed by atoms with Crippen LogP contribution in [0.1, 0.15) is 82.9 Å². The summed E-state index contributed by atoms with van der Waals surface area (Å²) in [5.74, 6) is -5.49. The van der Waals surface area contributed by atoms with Crippen LogP contribution < -0.4 is 20.4 Å². The van der Waals surface area contributed by atoms with Crippen LogP contribution in [-0.2, 0) is 9.84 Å². The van der Waals surface area contributed by atoms with Crippen LogP contribution >= 0.6 is 0 Å². The van der Waals surface area contributed by atoms with Crippen molar-refractivity contribution in [2.45, 2.75) is 9.79 Å². The van der Waals surface area contributed by atoms with Gasteiger partial charge in [0.05, 0.1) is 21.2 Å². The zero-order valence-corrected chi connectivity index (χ0v) is 28.4. The quantitative estimate of drug-likeness (QED) is 0.246. The molecule has 6 aromatic carbocycles. The van der Waals surface area contributed by atoms with Crippen LogP contribution in [0, 0.1) is 0 Å². The van der Waals surface area contributed by atoms with Crippen LogP contribution in [0.3, 0.4) is 0 Å². The molecule has 4 heterocycles. The van der Waals surface area contributed by atoms with E-state index in [0.717, 1.165) is 9.80 Å². The van der Waals surface area contributed by atoms with E-state index in [1.807, 2.05) is 0 Å². The minimum absolute atomic E-state index is 0.0739. The van der Waals surface area contributed by atoms with Gasteiger partial charge in [-0.15, -0.1) is 0 Å². The van der Waals surface area contributed by atoms with E-state index >= 15 is 0 Å². The Labute approximate surface area is 307 Å². The van der Waals surface area contributed by atoms with Crippen LogP contribution in [-0.4, -0.2) is 55.7 Å². The Morgan fingerprint density at radius 3 is 0.836 bits per heavy atom. The summed E-state index contributed by atoms with van der Waals surface area (Å²) in [5.41, 5.74) is 1.12. The van der Waals surface area contributed by atoms with Crippen molar-refractivity contribution in [1.82, 2.24) is 10.6 Å². The number of imide groups is 4. The molecule has 0 saturated carbocycles. The van der Waals surface area contributed by atoms with Crippen LogP contribution in [0.25, 0.3) is 21.5 Å². The molecule has 6 aromatic rings. The molecule has 0 unspecified atom stereocenters. The highest BCUT2D eigenvalue weighted by Gasteiger charge is 2.40. The number of hydrogen-bond donors (Lipinski definition) is 2. The molecule has 14 nitrogen and oxygen atoms in total. The fourth-order valence-electron chi connectivity index (χ4n) is 7.76. The molecule has 4 aliphatic rings. The van der Waals surface area contributed by atoms with E-state index in [2.05, 4.69) is 10.6 Å². The first-order valence-electron chi connectivity index (χ1n) is 16.5. The molecule has 2 N–H and O–H groups in total. The number of nitrogens with zero attached hydrogens (tertiary/aromatic N) is 2.